The van der Waals surface area contributed by atoms with Gasteiger partial charge in [0.15, 0.2) is 5.58 Å². The third kappa shape index (κ3) is 4.73. The summed E-state index contributed by atoms with van der Waals surface area (Å²) < 4.78 is 12.9. The van der Waals surface area contributed by atoms with Crippen molar-refractivity contribution >= 4 is 60.9 Å². The molecule has 1 aliphatic rings. The Labute approximate surface area is 312 Å². The molecule has 0 atom stereocenters. The zero-order valence-electron chi connectivity index (χ0n) is 29.9. The molecule has 0 bridgehead atoms. The predicted octanol–water partition coefficient (Wildman–Crippen LogP) is 14.0. The van der Waals surface area contributed by atoms with Crippen molar-refractivity contribution < 1.29 is 8.83 Å². The number of benzene rings is 8. The molecule has 2 heterocycles. The number of furan rings is 1. The lowest BCUT2D eigenvalue weighted by molar-refractivity contribution is 0.620. The Morgan fingerprint density at radius 1 is 0.444 bits per heavy atom. The van der Waals surface area contributed by atoms with Gasteiger partial charge in [0.2, 0.25) is 5.89 Å². The molecule has 0 fully saturated rings. The van der Waals surface area contributed by atoms with Crippen molar-refractivity contribution in [2.45, 2.75) is 19.3 Å². The summed E-state index contributed by atoms with van der Waals surface area (Å²) in [6.07, 6.45) is 0. The van der Waals surface area contributed by atoms with Crippen LogP contribution >= 0.6 is 0 Å². The van der Waals surface area contributed by atoms with E-state index in [1.807, 2.05) is 36.4 Å². The van der Waals surface area contributed by atoms with Crippen LogP contribution in [0.15, 0.2) is 179 Å². The standard InChI is InChI=1S/C50H34N2O2/c1-50(2)43-18-9-8-17-39(43)41-27-37(22-24-44(41)50)52(36-16-10-15-34(26-36)35-20-19-31-11-6-7-14-33(31)25-35)38-21-23-40-42-29-48-45(30-47(42)53-46(40)28-38)51-49(54-48)32-12-4-3-5-13-32/h3-30H,1-2H3. The SMILES string of the molecule is CC1(C)c2ccccc2-c2cc(N(c3cccc(-c4ccc5ccccc5c4)c3)c3ccc4c(c3)oc3cc5nc(-c6ccccc6)oc5cc34)ccc21. The van der Waals surface area contributed by atoms with Crippen LogP contribution < -0.4 is 4.90 Å². The Kier molecular flexibility index (Phi) is 6.56. The van der Waals surface area contributed by atoms with Crippen molar-refractivity contribution in [3.8, 4) is 33.7 Å². The summed E-state index contributed by atoms with van der Waals surface area (Å²) in [6.45, 7) is 4.65. The van der Waals surface area contributed by atoms with Gasteiger partial charge in [0.1, 0.15) is 16.7 Å². The Morgan fingerprint density at radius 3 is 2.06 bits per heavy atom. The van der Waals surface area contributed by atoms with Gasteiger partial charge >= 0.3 is 0 Å². The van der Waals surface area contributed by atoms with Gasteiger partial charge in [-0.2, -0.15) is 0 Å². The molecule has 0 N–H and O–H groups in total. The van der Waals surface area contributed by atoms with Crippen molar-refractivity contribution in [1.82, 2.24) is 4.98 Å². The van der Waals surface area contributed by atoms with Crippen molar-refractivity contribution in [2.75, 3.05) is 4.90 Å². The normalized spacial score (nSPS) is 13.1. The summed E-state index contributed by atoms with van der Waals surface area (Å²) >= 11 is 0. The molecule has 0 aliphatic heterocycles. The minimum atomic E-state index is -0.0750. The number of anilines is 3. The molecule has 8 aromatic carbocycles. The molecule has 10 aromatic rings. The number of rotatable bonds is 5. The third-order valence-corrected chi connectivity index (χ3v) is 11.3. The highest BCUT2D eigenvalue weighted by Crippen LogP contribution is 2.51. The van der Waals surface area contributed by atoms with Gasteiger partial charge in [-0.3, -0.25) is 0 Å². The minimum Gasteiger partial charge on any atom is -0.456 e. The number of aromatic nitrogens is 1. The zero-order chi connectivity index (χ0) is 36.0. The van der Waals surface area contributed by atoms with Crippen LogP contribution in [0.25, 0.3) is 77.5 Å². The highest BCUT2D eigenvalue weighted by Gasteiger charge is 2.35. The molecule has 256 valence electrons. The topological polar surface area (TPSA) is 42.4 Å². The van der Waals surface area contributed by atoms with Crippen LogP contribution in [0, 0.1) is 0 Å². The predicted molar refractivity (Wildman–Crippen MR) is 222 cm³/mol. The first-order valence-corrected chi connectivity index (χ1v) is 18.4. The van der Waals surface area contributed by atoms with Crippen molar-refractivity contribution in [3.63, 3.8) is 0 Å². The van der Waals surface area contributed by atoms with Crippen LogP contribution in [0.2, 0.25) is 0 Å². The molecule has 4 heteroatoms. The molecule has 0 saturated carbocycles. The van der Waals surface area contributed by atoms with Crippen LogP contribution in [0.1, 0.15) is 25.0 Å². The Balaban J connectivity index is 1.07. The monoisotopic (exact) mass is 694 g/mol. The second kappa shape index (κ2) is 11.5. The molecule has 4 nitrogen and oxygen atoms in total. The van der Waals surface area contributed by atoms with Crippen molar-refractivity contribution in [1.29, 1.82) is 0 Å². The van der Waals surface area contributed by atoms with E-state index in [-0.39, 0.29) is 5.41 Å². The summed E-state index contributed by atoms with van der Waals surface area (Å²) in [7, 11) is 0. The van der Waals surface area contributed by atoms with Gasteiger partial charge in [0, 0.05) is 50.9 Å². The first-order valence-electron chi connectivity index (χ1n) is 18.4. The minimum absolute atomic E-state index is 0.0750. The lowest BCUT2D eigenvalue weighted by atomic mass is 9.82. The van der Waals surface area contributed by atoms with E-state index in [0.717, 1.165) is 61.2 Å². The molecule has 54 heavy (non-hydrogen) atoms. The average Bonchev–Trinajstić information content (AvgIpc) is 3.86. The lowest BCUT2D eigenvalue weighted by Gasteiger charge is -2.27. The molecule has 2 aromatic heterocycles. The van der Waals surface area contributed by atoms with E-state index in [1.54, 1.807) is 0 Å². The Bertz CT molecular complexity index is 3100. The van der Waals surface area contributed by atoms with Gasteiger partial charge in [0.05, 0.1) is 0 Å². The maximum atomic E-state index is 6.61. The molecule has 1 aliphatic carbocycles. The maximum Gasteiger partial charge on any atom is 0.227 e. The molecule has 0 unspecified atom stereocenters. The summed E-state index contributed by atoms with van der Waals surface area (Å²) in [4.78, 5) is 7.15. The van der Waals surface area contributed by atoms with Crippen molar-refractivity contribution in [2.24, 2.45) is 0 Å². The number of fused-ring (bicyclic) bond motifs is 8. The van der Waals surface area contributed by atoms with Crippen LogP contribution in [0.5, 0.6) is 0 Å². The number of hydrogen-bond acceptors (Lipinski definition) is 4. The van der Waals surface area contributed by atoms with Gasteiger partial charge in [-0.1, -0.05) is 111 Å². The maximum absolute atomic E-state index is 6.61. The Hall–Kier alpha value is -6.91. The molecular weight excluding hydrogens is 661 g/mol. The van der Waals surface area contributed by atoms with E-state index in [0.29, 0.717) is 5.89 Å². The highest BCUT2D eigenvalue weighted by atomic mass is 16.4. The third-order valence-electron chi connectivity index (χ3n) is 11.3. The van der Waals surface area contributed by atoms with Gasteiger partial charge in [0.25, 0.3) is 0 Å². The lowest BCUT2D eigenvalue weighted by Crippen LogP contribution is -2.15. The summed E-state index contributed by atoms with van der Waals surface area (Å²) in [5.41, 5.74) is 14.8. The smallest absolute Gasteiger partial charge is 0.227 e. The summed E-state index contributed by atoms with van der Waals surface area (Å²) in [6, 6.07) is 60.4. The fraction of sp³-hybridized carbons (Fsp3) is 0.0600. The molecular formula is C50H34N2O2. The molecule has 0 radical (unpaired) electrons. The first kappa shape index (κ1) is 30.7. The summed E-state index contributed by atoms with van der Waals surface area (Å²) in [5, 5.41) is 4.49. The summed E-state index contributed by atoms with van der Waals surface area (Å²) in [5.74, 6) is 0.603. The van der Waals surface area contributed by atoms with E-state index in [1.165, 1.54) is 38.6 Å². The second-order valence-corrected chi connectivity index (χ2v) is 14.8. The van der Waals surface area contributed by atoms with Gasteiger partial charge in [-0.25, -0.2) is 4.98 Å². The van der Waals surface area contributed by atoms with Crippen LogP contribution in [-0.2, 0) is 5.41 Å². The van der Waals surface area contributed by atoms with Crippen molar-refractivity contribution in [3.05, 3.63) is 181 Å². The van der Waals surface area contributed by atoms with Crippen LogP contribution in [0.3, 0.4) is 0 Å². The van der Waals surface area contributed by atoms with Gasteiger partial charge < -0.3 is 13.7 Å². The largest absolute Gasteiger partial charge is 0.456 e. The average molecular weight is 695 g/mol. The highest BCUT2D eigenvalue weighted by molar-refractivity contribution is 6.10. The van der Waals surface area contributed by atoms with E-state index < -0.39 is 0 Å². The first-order chi connectivity index (χ1) is 26.5. The van der Waals surface area contributed by atoms with Gasteiger partial charge in [-0.05, 0) is 105 Å². The molecule has 11 rings (SSSR count). The van der Waals surface area contributed by atoms with E-state index >= 15 is 0 Å². The number of hydrogen-bond donors (Lipinski definition) is 0. The molecule has 0 saturated heterocycles. The molecule has 0 spiro atoms. The van der Waals surface area contributed by atoms with Crippen LogP contribution in [0.4, 0.5) is 17.1 Å². The second-order valence-electron chi connectivity index (χ2n) is 14.8. The van der Waals surface area contributed by atoms with Gasteiger partial charge in [-0.15, -0.1) is 0 Å². The number of oxazole rings is 1. The molecule has 0 amide bonds. The van der Waals surface area contributed by atoms with E-state index in [2.05, 4.69) is 152 Å². The number of nitrogens with zero attached hydrogens (tertiary/aromatic N) is 2. The van der Waals surface area contributed by atoms with E-state index in [9.17, 15) is 0 Å². The van der Waals surface area contributed by atoms with Crippen LogP contribution in [-0.4, -0.2) is 4.98 Å². The fourth-order valence-electron chi connectivity index (χ4n) is 8.52. The van der Waals surface area contributed by atoms with E-state index in [4.69, 9.17) is 13.8 Å². The fourth-order valence-corrected chi connectivity index (χ4v) is 8.52. The Morgan fingerprint density at radius 2 is 1.15 bits per heavy atom. The zero-order valence-corrected chi connectivity index (χ0v) is 29.9. The quantitative estimate of drug-likeness (QED) is 0.180.